The summed E-state index contributed by atoms with van der Waals surface area (Å²) in [5.74, 6) is -13.4. The minimum absolute atomic E-state index is 0.0121. The highest BCUT2D eigenvalue weighted by Crippen LogP contribution is 2.30. The van der Waals surface area contributed by atoms with Crippen molar-refractivity contribution in [1.82, 2.24) is 98.8 Å². The lowest BCUT2D eigenvalue weighted by Crippen LogP contribution is -2.66. The van der Waals surface area contributed by atoms with Crippen LogP contribution in [-0.2, 0) is 109 Å². The molecule has 0 radical (unpaired) electrons. The molecule has 7 rings (SSSR count). The second kappa shape index (κ2) is 43.2. The normalized spacial score (nSPS) is 14.2. The smallest absolute Gasteiger partial charge is 0.305 e. The summed E-state index contributed by atoms with van der Waals surface area (Å²) in [6.07, 6.45) is 2.43. The van der Waals surface area contributed by atoms with Gasteiger partial charge in [-0.05, 0) is 156 Å². The number of tetrazole rings is 1. The van der Waals surface area contributed by atoms with Crippen LogP contribution in [0.15, 0.2) is 104 Å². The Hall–Kier alpha value is -12.5. The van der Waals surface area contributed by atoms with Gasteiger partial charge in [-0.15, -0.1) is 10.2 Å². The number of aliphatic carboxylic acids is 1. The van der Waals surface area contributed by atoms with Gasteiger partial charge in [-0.3, -0.25) is 62.2 Å². The summed E-state index contributed by atoms with van der Waals surface area (Å²) in [5.41, 5.74) is 14.9. The first-order chi connectivity index (χ1) is 55.1. The van der Waals surface area contributed by atoms with Gasteiger partial charge in [0.05, 0.1) is 43.8 Å². The Morgan fingerprint density at radius 1 is 0.664 bits per heavy atom. The summed E-state index contributed by atoms with van der Waals surface area (Å²) in [7, 11) is 0. The highest BCUT2D eigenvalue weighted by molar-refractivity contribution is 6.06. The Morgan fingerprint density at radius 2 is 1.34 bits per heavy atom. The van der Waals surface area contributed by atoms with E-state index in [4.69, 9.17) is 16.2 Å². The van der Waals surface area contributed by atoms with Crippen LogP contribution in [0, 0.1) is 25.1 Å². The number of aromatic nitrogens is 9. The molecular weight excluding hydrogens is 1510 g/mol. The molecular formula is C78H104FN21O16. The number of hydrogen-bond donors (Lipinski definition) is 17. The van der Waals surface area contributed by atoms with Crippen LogP contribution >= 0.6 is 0 Å². The topological polar surface area (TPSA) is 561 Å². The maximum atomic E-state index is 15.5. The van der Waals surface area contributed by atoms with Crippen molar-refractivity contribution in [2.45, 2.75) is 206 Å². The molecule has 0 aliphatic carbocycles. The lowest BCUT2D eigenvalue weighted by Gasteiger charge is -2.34. The second-order valence-electron chi connectivity index (χ2n) is 29.2. The van der Waals surface area contributed by atoms with Crippen LogP contribution in [0.25, 0.3) is 11.1 Å². The van der Waals surface area contributed by atoms with Crippen LogP contribution < -0.4 is 69.4 Å². The second-order valence-corrected chi connectivity index (χ2v) is 29.2. The molecule has 0 bridgehead atoms. The number of carboxylic acids is 1. The third kappa shape index (κ3) is 27.4. The van der Waals surface area contributed by atoms with Gasteiger partial charge in [0.15, 0.2) is 5.82 Å². The molecule has 7 aromatic rings. The van der Waals surface area contributed by atoms with Gasteiger partial charge in [0, 0.05) is 63.4 Å². The number of imidazole rings is 1. The van der Waals surface area contributed by atoms with E-state index in [9.17, 15) is 72.9 Å². The number of aromatic amines is 2. The van der Waals surface area contributed by atoms with E-state index in [1.807, 2.05) is 69.3 Å². The molecule has 38 heteroatoms. The summed E-state index contributed by atoms with van der Waals surface area (Å²) in [6.45, 7) is 13.5. The zero-order valence-electron chi connectivity index (χ0n) is 66.1. The number of unbranched alkanes of at least 4 members (excludes halogenated alkanes) is 1. The van der Waals surface area contributed by atoms with Gasteiger partial charge in [0.25, 0.3) is 0 Å². The number of nitrogens with one attached hydrogen (secondary N) is 12. The number of hydrogen-bond acceptors (Lipinski definition) is 22. The van der Waals surface area contributed by atoms with Gasteiger partial charge in [-0.2, -0.15) is 0 Å². The van der Waals surface area contributed by atoms with Crippen LogP contribution in [0.2, 0.25) is 0 Å². The van der Waals surface area contributed by atoms with Gasteiger partial charge in [-0.1, -0.05) is 90.0 Å². The van der Waals surface area contributed by atoms with Crippen molar-refractivity contribution in [3.8, 4) is 16.9 Å². The molecule has 0 spiro atoms. The SMILES string of the molecule is CCc1cc(OCCCCn2cc(CN)nn2)ccc1-c1ccc(C[C@H](NC(=O)[C@H](CC(=O)O)NC(=O)[C@H](C)NC(=O)[C@@H](NC(=O)[C@](C)(Cc2ccccc2F)NC(=O)[C@@H](NC(=O)CNC(=O)[C@H](Cc2nnn[nH]2)NC(=O)C(C)(C)C(=O)NCCc2cnc[nH]2)[C@@H](C)O)[C@@H](C)O)C(=O)N[C@@H](CCCc2cc(C)cc(C)c2)C(N)=O)cc1. The van der Waals surface area contributed by atoms with Crippen LogP contribution in [0.3, 0.4) is 0 Å². The van der Waals surface area contributed by atoms with E-state index in [1.165, 1.54) is 38.4 Å². The Kier molecular flexibility index (Phi) is 33.8. The number of amides is 11. The molecule has 11 amide bonds. The number of carbonyl (C=O) groups excluding carboxylic acids is 11. The third-order valence-electron chi connectivity index (χ3n) is 19.0. The molecule has 0 saturated carbocycles. The van der Waals surface area contributed by atoms with Crippen molar-refractivity contribution >= 4 is 70.9 Å². The number of primary amides is 1. The molecule has 624 valence electrons. The number of H-pyrrole nitrogens is 2. The van der Waals surface area contributed by atoms with Gasteiger partial charge >= 0.3 is 5.97 Å². The van der Waals surface area contributed by atoms with Crippen molar-refractivity contribution in [2.75, 3.05) is 19.7 Å². The number of benzene rings is 4. The zero-order chi connectivity index (χ0) is 85.0. The lowest BCUT2D eigenvalue weighted by atomic mass is 9.90. The van der Waals surface area contributed by atoms with Gasteiger partial charge < -0.3 is 89.7 Å². The summed E-state index contributed by atoms with van der Waals surface area (Å²) < 4.78 is 23.4. The lowest BCUT2D eigenvalue weighted by molar-refractivity contribution is -0.143. The molecule has 116 heavy (non-hydrogen) atoms. The Morgan fingerprint density at radius 3 is 1.97 bits per heavy atom. The first-order valence-corrected chi connectivity index (χ1v) is 37.9. The number of nitrogens with zero attached hydrogens (tertiary/aromatic N) is 7. The van der Waals surface area contributed by atoms with Crippen molar-refractivity contribution in [1.29, 1.82) is 0 Å². The van der Waals surface area contributed by atoms with Crippen molar-refractivity contribution in [3.05, 3.63) is 160 Å². The van der Waals surface area contributed by atoms with Crippen LogP contribution in [-0.4, -0.2) is 212 Å². The van der Waals surface area contributed by atoms with E-state index in [1.54, 1.807) is 29.2 Å². The van der Waals surface area contributed by atoms with Gasteiger partial charge in [0.2, 0.25) is 65.0 Å². The van der Waals surface area contributed by atoms with Crippen LogP contribution in [0.1, 0.15) is 131 Å². The summed E-state index contributed by atoms with van der Waals surface area (Å²) in [5, 5.41) is 77.7. The molecule has 0 aliphatic heterocycles. The number of ether oxygens (including phenoxy) is 1. The largest absolute Gasteiger partial charge is 0.494 e. The summed E-state index contributed by atoms with van der Waals surface area (Å²) in [4.78, 5) is 173. The number of aliphatic hydroxyl groups is 2. The molecule has 0 unspecified atom stereocenters. The first-order valence-electron chi connectivity index (χ1n) is 37.9. The average molecular weight is 1610 g/mol. The highest BCUT2D eigenvalue weighted by atomic mass is 19.1. The molecule has 3 heterocycles. The van der Waals surface area contributed by atoms with E-state index < -0.39 is 162 Å². The molecule has 0 fully saturated rings. The van der Waals surface area contributed by atoms with Crippen molar-refractivity contribution in [3.63, 3.8) is 0 Å². The molecule has 4 aromatic carbocycles. The minimum atomic E-state index is -2.36. The van der Waals surface area contributed by atoms with Crippen molar-refractivity contribution < 1.29 is 82.0 Å². The van der Waals surface area contributed by atoms with Crippen LogP contribution in [0.5, 0.6) is 5.75 Å². The quantitative estimate of drug-likeness (QED) is 0.0167. The molecule has 3 aromatic heterocycles. The Labute approximate surface area is 668 Å². The Balaban J connectivity index is 1.03. The maximum Gasteiger partial charge on any atom is 0.305 e. The molecule has 0 aliphatic rings. The van der Waals surface area contributed by atoms with E-state index in [-0.39, 0.29) is 37.2 Å². The van der Waals surface area contributed by atoms with Gasteiger partial charge in [0.1, 0.15) is 64.8 Å². The van der Waals surface area contributed by atoms with E-state index in [0.717, 1.165) is 85.7 Å². The molecule has 19 N–H and O–H groups in total. The zero-order valence-corrected chi connectivity index (χ0v) is 66.1. The fourth-order valence-corrected chi connectivity index (χ4v) is 12.5. The average Bonchev–Trinajstić information content (AvgIpc) is 0.951. The molecule has 0 saturated heterocycles. The number of aryl methyl sites for hydroxylation is 5. The standard InChI is InChI=1S/C78H104FN21O16/c1-10-50-34-55(116-29-14-13-28-100-41-54(38-80)94-99-100)24-25-56(50)51-22-20-48(21-23-51)33-59(70(109)87-58(67(81)106)19-15-16-49-31-43(2)30-44(3)32-49)89-71(110)61(36-64(104)105)88-68(107)45(4)86-72(111)65(46(5)101)92-76(115)78(9,37-52-17-11-12-18-57(52)79)93-73(112)66(47(6)102)91-63(103)40-84-69(108)60(35-62-95-97-98-96-62)90-75(114)77(7,8)74(113)83-27-26-53-39-82-42-85-53/h11-12,17-18,20-25,30-32,34,39,41-42,45-47,58-61,65-66,101-102H,10,13-16,19,26-29,33,35-38,40,80H2,1-9H3,(H2,81,106)(H,82,85)(H,83,113)(H,84,108)(H,86,111)(H,87,109)(H,88,107)(H,89,110)(H,90,114)(H,91,103)(H,92,115)(H,93,112)(H,104,105)(H,95,96,97,98)/t45-,46+,47+,58-,59-,60-,61-,65-,66-,78-/m0/s1. The van der Waals surface area contributed by atoms with E-state index >= 15 is 4.39 Å². The fraction of sp³-hybridized carbons (Fsp3) is 0.462. The number of halogens is 1. The predicted octanol–water partition coefficient (Wildman–Crippen LogP) is -0.620. The number of nitrogens with two attached hydrogens (primary N) is 2. The number of carbonyl (C=O) groups is 12. The monoisotopic (exact) mass is 1610 g/mol. The molecule has 10 atom stereocenters. The molecule has 37 nitrogen and oxygen atoms in total. The van der Waals surface area contributed by atoms with E-state index in [2.05, 4.69) is 94.1 Å². The Bertz CT molecular complexity index is 4520. The van der Waals surface area contributed by atoms with Crippen molar-refractivity contribution in [2.24, 2.45) is 16.9 Å². The van der Waals surface area contributed by atoms with Gasteiger partial charge in [-0.25, -0.2) is 14.5 Å². The number of aliphatic hydroxyl groups excluding tert-OH is 2. The third-order valence-corrected chi connectivity index (χ3v) is 19.0. The predicted molar refractivity (Wildman–Crippen MR) is 417 cm³/mol. The maximum absolute atomic E-state index is 15.5. The summed E-state index contributed by atoms with van der Waals surface area (Å²) >= 11 is 0. The summed E-state index contributed by atoms with van der Waals surface area (Å²) in [6, 6.07) is 12.0. The first kappa shape index (κ1) is 90.7. The number of carboxylic acid groups (broad SMARTS) is 1. The fourth-order valence-electron chi connectivity index (χ4n) is 12.5. The number of rotatable bonds is 46. The van der Waals surface area contributed by atoms with E-state index in [0.29, 0.717) is 62.4 Å². The highest BCUT2D eigenvalue weighted by Gasteiger charge is 2.43. The van der Waals surface area contributed by atoms with Crippen LogP contribution in [0.4, 0.5) is 4.39 Å². The minimum Gasteiger partial charge on any atom is -0.494 e.